The molecule has 0 unspecified atom stereocenters. The average Bonchev–Trinajstić information content (AvgIpc) is 3.15. The number of thiophene rings is 1. The van der Waals surface area contributed by atoms with Crippen molar-refractivity contribution in [3.8, 4) is 0 Å². The van der Waals surface area contributed by atoms with Crippen LogP contribution in [0.4, 0.5) is 5.82 Å². The van der Waals surface area contributed by atoms with Gasteiger partial charge in [0.05, 0.1) is 6.04 Å². The predicted octanol–water partition coefficient (Wildman–Crippen LogP) is 2.58. The number of carbonyl (C=O) groups is 1. The zero-order valence-corrected chi connectivity index (χ0v) is 15.0. The highest BCUT2D eigenvalue weighted by molar-refractivity contribution is 7.09. The third-order valence-electron chi connectivity index (χ3n) is 4.39. The van der Waals surface area contributed by atoms with Gasteiger partial charge in [-0.1, -0.05) is 11.2 Å². The van der Waals surface area contributed by atoms with E-state index in [-0.39, 0.29) is 11.9 Å². The molecule has 1 amide bonds. The van der Waals surface area contributed by atoms with E-state index in [2.05, 4.69) is 37.8 Å². The summed E-state index contributed by atoms with van der Waals surface area (Å²) in [5.41, 5.74) is 0. The second kappa shape index (κ2) is 7.92. The van der Waals surface area contributed by atoms with E-state index < -0.39 is 0 Å². The molecule has 6 nitrogen and oxygen atoms in total. The molecular formula is C17H24N4O2S. The van der Waals surface area contributed by atoms with E-state index in [0.29, 0.717) is 11.6 Å². The molecule has 1 aliphatic heterocycles. The number of nitrogens with zero attached hydrogens (tertiary/aromatic N) is 3. The van der Waals surface area contributed by atoms with Crippen molar-refractivity contribution < 1.29 is 9.32 Å². The summed E-state index contributed by atoms with van der Waals surface area (Å²) in [6.07, 6.45) is 1.08. The van der Waals surface area contributed by atoms with Gasteiger partial charge < -0.3 is 9.84 Å². The third-order valence-corrected chi connectivity index (χ3v) is 5.25. The molecule has 1 saturated heterocycles. The minimum Gasteiger partial charge on any atom is -0.360 e. The molecule has 0 aliphatic carbocycles. The Bertz CT molecular complexity index is 655. The van der Waals surface area contributed by atoms with Crippen molar-refractivity contribution in [1.82, 2.24) is 15.0 Å². The molecule has 7 heteroatoms. The monoisotopic (exact) mass is 348 g/mol. The number of anilines is 1. The van der Waals surface area contributed by atoms with Gasteiger partial charge in [0.1, 0.15) is 5.76 Å². The number of hydrogen-bond donors (Lipinski definition) is 1. The van der Waals surface area contributed by atoms with Gasteiger partial charge >= 0.3 is 0 Å². The van der Waals surface area contributed by atoms with Gasteiger partial charge in [0.15, 0.2) is 5.82 Å². The van der Waals surface area contributed by atoms with Crippen molar-refractivity contribution in [2.24, 2.45) is 0 Å². The third kappa shape index (κ3) is 4.43. The van der Waals surface area contributed by atoms with Crippen molar-refractivity contribution in [2.75, 3.05) is 31.5 Å². The van der Waals surface area contributed by atoms with Crippen LogP contribution in [-0.2, 0) is 11.3 Å². The maximum absolute atomic E-state index is 12.4. The molecule has 0 radical (unpaired) electrons. The smallest absolute Gasteiger partial charge is 0.242 e. The van der Waals surface area contributed by atoms with Crippen LogP contribution in [0.15, 0.2) is 28.1 Å². The molecule has 3 rings (SSSR count). The molecule has 0 aromatic carbocycles. The van der Waals surface area contributed by atoms with E-state index in [9.17, 15) is 4.79 Å². The second-order valence-corrected chi connectivity index (χ2v) is 7.27. The highest BCUT2D eigenvalue weighted by atomic mass is 32.1. The number of hydrogen-bond acceptors (Lipinski definition) is 6. The Balaban J connectivity index is 1.51. The molecule has 2 aromatic rings. The van der Waals surface area contributed by atoms with E-state index in [4.69, 9.17) is 4.52 Å². The lowest BCUT2D eigenvalue weighted by atomic mass is 10.2. The van der Waals surface area contributed by atoms with E-state index in [1.807, 2.05) is 13.8 Å². The number of carbonyl (C=O) groups excluding carboxylic acids is 1. The van der Waals surface area contributed by atoms with Crippen LogP contribution >= 0.6 is 11.3 Å². The molecule has 1 fully saturated rings. The molecule has 24 heavy (non-hydrogen) atoms. The fraction of sp³-hybridized carbons (Fsp3) is 0.529. The highest BCUT2D eigenvalue weighted by Crippen LogP contribution is 2.15. The summed E-state index contributed by atoms with van der Waals surface area (Å²) in [6.45, 7) is 8.67. The van der Waals surface area contributed by atoms with Crippen molar-refractivity contribution in [3.05, 3.63) is 34.2 Å². The first-order valence-electron chi connectivity index (χ1n) is 8.35. The van der Waals surface area contributed by atoms with E-state index in [1.54, 1.807) is 17.4 Å². The fourth-order valence-electron chi connectivity index (χ4n) is 2.98. The topological polar surface area (TPSA) is 61.6 Å². The first kappa shape index (κ1) is 17.1. The molecule has 130 valence electrons. The Kier molecular flexibility index (Phi) is 5.65. The Morgan fingerprint density at radius 2 is 2.29 bits per heavy atom. The highest BCUT2D eigenvalue weighted by Gasteiger charge is 2.24. The summed E-state index contributed by atoms with van der Waals surface area (Å²) >= 11 is 1.80. The summed E-state index contributed by atoms with van der Waals surface area (Å²) in [4.78, 5) is 18.5. The lowest BCUT2D eigenvalue weighted by Gasteiger charge is -2.26. The number of nitrogens with one attached hydrogen (secondary N) is 1. The Labute approximate surface area is 146 Å². The first-order chi connectivity index (χ1) is 11.6. The quantitative estimate of drug-likeness (QED) is 0.900. The van der Waals surface area contributed by atoms with Crippen LogP contribution in [0.2, 0.25) is 0 Å². The summed E-state index contributed by atoms with van der Waals surface area (Å²) in [5.74, 6) is 1.14. The Hall–Kier alpha value is -1.70. The number of amides is 1. The van der Waals surface area contributed by atoms with Crippen LogP contribution < -0.4 is 5.32 Å². The SMILES string of the molecule is Cc1cc(NC(=O)[C@H](C)N2CCCN(Cc3cccs3)CC2)no1. The molecule has 0 bridgehead atoms. The van der Waals surface area contributed by atoms with Crippen LogP contribution in [0.5, 0.6) is 0 Å². The van der Waals surface area contributed by atoms with E-state index in [0.717, 1.165) is 39.1 Å². The maximum Gasteiger partial charge on any atom is 0.242 e. The summed E-state index contributed by atoms with van der Waals surface area (Å²) < 4.78 is 4.99. The molecule has 2 aromatic heterocycles. The van der Waals surface area contributed by atoms with Crippen LogP contribution in [-0.4, -0.2) is 53.1 Å². The Morgan fingerprint density at radius 1 is 1.42 bits per heavy atom. The minimum absolute atomic E-state index is 0.0324. The number of aryl methyl sites for hydroxylation is 1. The van der Waals surface area contributed by atoms with Crippen LogP contribution in [0.1, 0.15) is 24.0 Å². The van der Waals surface area contributed by atoms with Crippen molar-refractivity contribution >= 4 is 23.1 Å². The van der Waals surface area contributed by atoms with Crippen LogP contribution in [0.3, 0.4) is 0 Å². The zero-order chi connectivity index (χ0) is 16.9. The normalized spacial score (nSPS) is 18.2. The van der Waals surface area contributed by atoms with Gasteiger partial charge in [-0.25, -0.2) is 0 Å². The number of rotatable bonds is 5. The maximum atomic E-state index is 12.4. The molecule has 1 N–H and O–H groups in total. The van der Waals surface area contributed by atoms with Gasteiger partial charge in [0.2, 0.25) is 5.91 Å². The number of aromatic nitrogens is 1. The zero-order valence-electron chi connectivity index (χ0n) is 14.2. The van der Waals surface area contributed by atoms with Gasteiger partial charge in [0.25, 0.3) is 0 Å². The summed E-state index contributed by atoms with van der Waals surface area (Å²) in [7, 11) is 0. The summed E-state index contributed by atoms with van der Waals surface area (Å²) in [6, 6.07) is 5.84. The van der Waals surface area contributed by atoms with Crippen molar-refractivity contribution in [1.29, 1.82) is 0 Å². The minimum atomic E-state index is -0.177. The van der Waals surface area contributed by atoms with Gasteiger partial charge in [-0.3, -0.25) is 14.6 Å². The average molecular weight is 348 g/mol. The standard InChI is InChI=1S/C17H24N4O2S/c1-13-11-16(19-23-13)18-17(22)14(2)21-7-4-6-20(8-9-21)12-15-5-3-10-24-15/h3,5,10-11,14H,4,6-9,12H2,1-2H3,(H,18,19,22)/t14-/m0/s1. The van der Waals surface area contributed by atoms with E-state index >= 15 is 0 Å². The van der Waals surface area contributed by atoms with Gasteiger partial charge in [-0.05, 0) is 38.3 Å². The van der Waals surface area contributed by atoms with Gasteiger partial charge in [-0.15, -0.1) is 11.3 Å². The second-order valence-electron chi connectivity index (χ2n) is 6.23. The molecule has 3 heterocycles. The predicted molar refractivity (Wildman–Crippen MR) is 95.1 cm³/mol. The van der Waals surface area contributed by atoms with Crippen LogP contribution in [0.25, 0.3) is 0 Å². The lowest BCUT2D eigenvalue weighted by Crippen LogP contribution is -2.43. The van der Waals surface area contributed by atoms with Gasteiger partial charge in [-0.2, -0.15) is 0 Å². The molecule has 0 spiro atoms. The molecular weight excluding hydrogens is 324 g/mol. The largest absolute Gasteiger partial charge is 0.360 e. The van der Waals surface area contributed by atoms with Gasteiger partial charge in [0, 0.05) is 37.1 Å². The van der Waals surface area contributed by atoms with Crippen LogP contribution in [0, 0.1) is 6.92 Å². The summed E-state index contributed by atoms with van der Waals surface area (Å²) in [5, 5.41) is 8.78. The Morgan fingerprint density at radius 3 is 3.00 bits per heavy atom. The van der Waals surface area contributed by atoms with E-state index in [1.165, 1.54) is 4.88 Å². The molecule has 1 atom stereocenters. The lowest BCUT2D eigenvalue weighted by molar-refractivity contribution is -0.120. The van der Waals surface area contributed by atoms with Crippen molar-refractivity contribution in [3.63, 3.8) is 0 Å². The first-order valence-corrected chi connectivity index (χ1v) is 9.23. The van der Waals surface area contributed by atoms with Crippen molar-refractivity contribution in [2.45, 2.75) is 32.9 Å². The molecule has 1 aliphatic rings. The fourth-order valence-corrected chi connectivity index (χ4v) is 3.73. The molecule has 0 saturated carbocycles.